The second kappa shape index (κ2) is 7.43. The summed E-state index contributed by atoms with van der Waals surface area (Å²) < 4.78 is 5.35. The summed E-state index contributed by atoms with van der Waals surface area (Å²) in [5.41, 5.74) is 3.38. The first-order chi connectivity index (χ1) is 12.7. The van der Waals surface area contributed by atoms with Crippen molar-refractivity contribution in [1.82, 2.24) is 20.2 Å². The molecule has 0 spiro atoms. The van der Waals surface area contributed by atoms with Gasteiger partial charge in [0.05, 0.1) is 24.2 Å². The molecule has 6 nitrogen and oxygen atoms in total. The summed E-state index contributed by atoms with van der Waals surface area (Å²) in [6.45, 7) is 7.23. The zero-order valence-electron chi connectivity index (χ0n) is 15.0. The van der Waals surface area contributed by atoms with Crippen LogP contribution in [0, 0.1) is 6.92 Å². The molecule has 0 radical (unpaired) electrons. The number of benzene rings is 1. The molecule has 2 aromatic heterocycles. The van der Waals surface area contributed by atoms with Gasteiger partial charge in [-0.15, -0.1) is 0 Å². The second-order valence-electron chi connectivity index (χ2n) is 6.81. The van der Waals surface area contributed by atoms with Crippen molar-refractivity contribution in [2.75, 3.05) is 39.4 Å². The van der Waals surface area contributed by atoms with Gasteiger partial charge in [-0.25, -0.2) is 4.98 Å². The van der Waals surface area contributed by atoms with Crippen LogP contribution in [0.3, 0.4) is 0 Å². The highest BCUT2D eigenvalue weighted by Gasteiger charge is 2.14. The number of hydrogen-bond donors (Lipinski definition) is 2. The van der Waals surface area contributed by atoms with Crippen LogP contribution < -0.4 is 5.32 Å². The van der Waals surface area contributed by atoms with E-state index in [2.05, 4.69) is 32.3 Å². The highest BCUT2D eigenvalue weighted by Crippen LogP contribution is 2.24. The molecule has 1 amide bonds. The van der Waals surface area contributed by atoms with Gasteiger partial charge in [-0.2, -0.15) is 0 Å². The minimum absolute atomic E-state index is 0.107. The van der Waals surface area contributed by atoms with E-state index in [1.807, 2.05) is 25.1 Å². The van der Waals surface area contributed by atoms with E-state index in [1.165, 1.54) is 0 Å². The summed E-state index contributed by atoms with van der Waals surface area (Å²) in [4.78, 5) is 22.8. The van der Waals surface area contributed by atoms with Gasteiger partial charge in [0.1, 0.15) is 5.69 Å². The normalized spacial score (nSPS) is 15.6. The molecule has 0 bridgehead atoms. The van der Waals surface area contributed by atoms with Crippen molar-refractivity contribution in [2.24, 2.45) is 0 Å². The summed E-state index contributed by atoms with van der Waals surface area (Å²) in [7, 11) is 0. The van der Waals surface area contributed by atoms with Crippen LogP contribution in [-0.2, 0) is 4.74 Å². The minimum atomic E-state index is -0.107. The number of aromatic amines is 1. The van der Waals surface area contributed by atoms with Gasteiger partial charge >= 0.3 is 0 Å². The number of carbonyl (C=O) groups is 1. The standard InChI is InChI=1S/C20H24N4O2/c1-14-3-4-15-5-6-16-13-17(23-19(16)18(15)22-14)20(25)21-7-2-8-24-9-11-26-12-10-24/h3-6,13,22H,2,7-12H2,1H3,(H,21,25). The van der Waals surface area contributed by atoms with E-state index in [-0.39, 0.29) is 5.91 Å². The Morgan fingerprint density at radius 3 is 2.85 bits per heavy atom. The molecule has 3 heterocycles. The average Bonchev–Trinajstić information content (AvgIpc) is 3.11. The van der Waals surface area contributed by atoms with E-state index in [4.69, 9.17) is 4.74 Å². The van der Waals surface area contributed by atoms with Crippen molar-refractivity contribution in [3.63, 3.8) is 0 Å². The lowest BCUT2D eigenvalue weighted by Gasteiger charge is -2.26. The zero-order chi connectivity index (χ0) is 17.9. The zero-order valence-corrected chi connectivity index (χ0v) is 15.0. The molecule has 0 saturated carbocycles. The molecule has 1 saturated heterocycles. The average molecular weight is 352 g/mol. The summed E-state index contributed by atoms with van der Waals surface area (Å²) in [5.74, 6) is -0.107. The maximum Gasteiger partial charge on any atom is 0.269 e. The fraction of sp³-hybridized carbons (Fsp3) is 0.400. The molecular formula is C20H24N4O2. The Bertz CT molecular complexity index is 928. The van der Waals surface area contributed by atoms with Crippen molar-refractivity contribution in [2.45, 2.75) is 13.3 Å². The summed E-state index contributed by atoms with van der Waals surface area (Å²) in [6, 6.07) is 10.0. The molecule has 1 aliphatic heterocycles. The number of nitrogens with zero attached hydrogens (tertiary/aromatic N) is 2. The molecule has 3 aromatic rings. The van der Waals surface area contributed by atoms with Gasteiger partial charge < -0.3 is 15.0 Å². The van der Waals surface area contributed by atoms with Crippen LogP contribution in [0.15, 0.2) is 30.3 Å². The molecule has 136 valence electrons. The van der Waals surface area contributed by atoms with Gasteiger partial charge in [0, 0.05) is 36.1 Å². The smallest absolute Gasteiger partial charge is 0.269 e. The quantitative estimate of drug-likeness (QED) is 0.692. The Labute approximate surface area is 152 Å². The fourth-order valence-electron chi connectivity index (χ4n) is 3.42. The largest absolute Gasteiger partial charge is 0.379 e. The van der Waals surface area contributed by atoms with Crippen LogP contribution in [0.1, 0.15) is 22.6 Å². The molecular weight excluding hydrogens is 328 g/mol. The van der Waals surface area contributed by atoms with Crippen molar-refractivity contribution < 1.29 is 9.53 Å². The lowest BCUT2D eigenvalue weighted by atomic mass is 10.1. The number of aryl methyl sites for hydroxylation is 1. The fourth-order valence-corrected chi connectivity index (χ4v) is 3.42. The Morgan fingerprint density at radius 1 is 1.23 bits per heavy atom. The third-order valence-electron chi connectivity index (χ3n) is 4.87. The first-order valence-corrected chi connectivity index (χ1v) is 9.18. The van der Waals surface area contributed by atoms with Crippen LogP contribution in [0.4, 0.5) is 0 Å². The van der Waals surface area contributed by atoms with Crippen LogP contribution in [-0.4, -0.2) is 60.2 Å². The lowest BCUT2D eigenvalue weighted by molar-refractivity contribution is 0.0374. The van der Waals surface area contributed by atoms with Crippen molar-refractivity contribution in [3.8, 4) is 0 Å². The number of H-pyrrole nitrogens is 1. The number of hydrogen-bond acceptors (Lipinski definition) is 4. The van der Waals surface area contributed by atoms with Gasteiger partial charge in [0.15, 0.2) is 0 Å². The van der Waals surface area contributed by atoms with Gasteiger partial charge in [-0.1, -0.05) is 18.2 Å². The molecule has 1 fully saturated rings. The molecule has 1 aliphatic rings. The molecule has 0 unspecified atom stereocenters. The maximum atomic E-state index is 12.5. The number of carbonyl (C=O) groups excluding carboxylic acids is 1. The number of morpholine rings is 1. The number of amides is 1. The highest BCUT2D eigenvalue weighted by molar-refractivity contribution is 6.07. The van der Waals surface area contributed by atoms with E-state index >= 15 is 0 Å². The van der Waals surface area contributed by atoms with Crippen LogP contribution in [0.25, 0.3) is 21.8 Å². The molecule has 1 aromatic carbocycles. The predicted octanol–water partition coefficient (Wildman–Crippen LogP) is 2.48. The van der Waals surface area contributed by atoms with Crippen molar-refractivity contribution in [1.29, 1.82) is 0 Å². The van der Waals surface area contributed by atoms with Crippen LogP contribution in [0.5, 0.6) is 0 Å². The van der Waals surface area contributed by atoms with Crippen molar-refractivity contribution >= 4 is 27.7 Å². The Morgan fingerprint density at radius 2 is 2.00 bits per heavy atom. The number of rotatable bonds is 5. The van der Waals surface area contributed by atoms with E-state index in [0.717, 1.165) is 66.8 Å². The van der Waals surface area contributed by atoms with Crippen LogP contribution >= 0.6 is 0 Å². The molecule has 0 atom stereocenters. The number of ether oxygens (including phenoxy) is 1. The topological polar surface area (TPSA) is 70.2 Å². The van der Waals surface area contributed by atoms with E-state index in [1.54, 1.807) is 0 Å². The summed E-state index contributed by atoms with van der Waals surface area (Å²) in [5, 5.41) is 5.07. The molecule has 0 aliphatic carbocycles. The third kappa shape index (κ3) is 3.57. The van der Waals surface area contributed by atoms with Gasteiger partial charge in [-0.05, 0) is 32.0 Å². The van der Waals surface area contributed by atoms with E-state index < -0.39 is 0 Å². The summed E-state index contributed by atoms with van der Waals surface area (Å²) in [6.07, 6.45) is 0.932. The Kier molecular flexibility index (Phi) is 4.86. The van der Waals surface area contributed by atoms with Gasteiger partial charge in [0.25, 0.3) is 5.91 Å². The Balaban J connectivity index is 1.42. The Hall–Kier alpha value is -2.44. The number of fused-ring (bicyclic) bond motifs is 3. The highest BCUT2D eigenvalue weighted by atomic mass is 16.5. The number of nitrogens with one attached hydrogen (secondary N) is 2. The molecule has 4 rings (SSSR count). The first-order valence-electron chi connectivity index (χ1n) is 9.18. The minimum Gasteiger partial charge on any atom is -0.379 e. The van der Waals surface area contributed by atoms with E-state index in [0.29, 0.717) is 12.2 Å². The SMILES string of the molecule is Cc1ccc2ccc3cc(C(=O)NCCCN4CCOCC4)nc3c2[nH]1. The van der Waals surface area contributed by atoms with Crippen molar-refractivity contribution in [3.05, 3.63) is 41.7 Å². The second-order valence-corrected chi connectivity index (χ2v) is 6.81. The maximum absolute atomic E-state index is 12.5. The van der Waals surface area contributed by atoms with Crippen LogP contribution in [0.2, 0.25) is 0 Å². The molecule has 26 heavy (non-hydrogen) atoms. The predicted molar refractivity (Wildman–Crippen MR) is 103 cm³/mol. The lowest BCUT2D eigenvalue weighted by Crippen LogP contribution is -2.38. The van der Waals surface area contributed by atoms with E-state index in [9.17, 15) is 4.79 Å². The summed E-state index contributed by atoms with van der Waals surface area (Å²) >= 11 is 0. The van der Waals surface area contributed by atoms with Gasteiger partial charge in [-0.3, -0.25) is 9.69 Å². The monoisotopic (exact) mass is 352 g/mol. The first kappa shape index (κ1) is 17.0. The number of aromatic nitrogens is 2. The molecule has 6 heteroatoms. The third-order valence-corrected chi connectivity index (χ3v) is 4.87. The van der Waals surface area contributed by atoms with Gasteiger partial charge in [0.2, 0.25) is 0 Å². The number of pyridine rings is 1. The molecule has 2 N–H and O–H groups in total.